The molecule has 2 aromatic rings. The van der Waals surface area contributed by atoms with E-state index < -0.39 is 16.0 Å². The summed E-state index contributed by atoms with van der Waals surface area (Å²) >= 11 is 5.82. The Labute approximate surface area is 133 Å². The molecule has 0 fully saturated rings. The van der Waals surface area contributed by atoms with E-state index in [2.05, 4.69) is 4.72 Å². The van der Waals surface area contributed by atoms with Crippen molar-refractivity contribution in [2.75, 3.05) is 11.3 Å². The number of esters is 1. The summed E-state index contributed by atoms with van der Waals surface area (Å²) in [6.45, 7) is 1.96. The predicted octanol–water partition coefficient (Wildman–Crippen LogP) is 3.32. The van der Waals surface area contributed by atoms with E-state index in [9.17, 15) is 13.2 Å². The maximum absolute atomic E-state index is 12.2. The van der Waals surface area contributed by atoms with Gasteiger partial charge in [0.15, 0.2) is 0 Å². The van der Waals surface area contributed by atoms with Gasteiger partial charge in [-0.05, 0) is 49.4 Å². The number of carbonyl (C=O) groups is 1. The van der Waals surface area contributed by atoms with Crippen LogP contribution in [0.15, 0.2) is 53.4 Å². The van der Waals surface area contributed by atoms with Crippen molar-refractivity contribution in [3.63, 3.8) is 0 Å². The molecule has 0 atom stereocenters. The molecule has 0 aliphatic carbocycles. The second-order valence-corrected chi connectivity index (χ2v) is 6.48. The topological polar surface area (TPSA) is 72.5 Å². The van der Waals surface area contributed by atoms with Gasteiger partial charge in [0.2, 0.25) is 0 Å². The molecule has 0 saturated heterocycles. The molecule has 7 heteroatoms. The van der Waals surface area contributed by atoms with Crippen LogP contribution in [0.5, 0.6) is 0 Å². The lowest BCUT2D eigenvalue weighted by atomic mass is 10.2. The third kappa shape index (κ3) is 3.99. The van der Waals surface area contributed by atoms with Gasteiger partial charge < -0.3 is 4.74 Å². The number of carbonyl (C=O) groups excluding carboxylic acids is 1. The Balaban J connectivity index is 2.21. The normalized spacial score (nSPS) is 11.0. The van der Waals surface area contributed by atoms with Gasteiger partial charge in [0.1, 0.15) is 0 Å². The highest BCUT2D eigenvalue weighted by Crippen LogP contribution is 2.20. The fourth-order valence-electron chi connectivity index (χ4n) is 1.75. The smallest absolute Gasteiger partial charge is 0.338 e. The van der Waals surface area contributed by atoms with Crippen molar-refractivity contribution >= 4 is 33.3 Å². The van der Waals surface area contributed by atoms with Crippen LogP contribution in [0.1, 0.15) is 17.3 Å². The van der Waals surface area contributed by atoms with Crippen molar-refractivity contribution < 1.29 is 17.9 Å². The molecular formula is C15H14ClNO4S. The summed E-state index contributed by atoms with van der Waals surface area (Å²) in [4.78, 5) is 11.6. The minimum atomic E-state index is -3.75. The molecule has 0 heterocycles. The van der Waals surface area contributed by atoms with Crippen LogP contribution in [0.4, 0.5) is 5.69 Å². The van der Waals surface area contributed by atoms with E-state index in [1.165, 1.54) is 30.3 Å². The van der Waals surface area contributed by atoms with E-state index in [1.807, 2.05) is 0 Å². The number of nitrogens with one attached hydrogen (secondary N) is 1. The Morgan fingerprint density at radius 3 is 2.45 bits per heavy atom. The summed E-state index contributed by atoms with van der Waals surface area (Å²) < 4.78 is 31.8. The molecule has 0 unspecified atom stereocenters. The summed E-state index contributed by atoms with van der Waals surface area (Å²) in [6, 6.07) is 11.9. The SMILES string of the molecule is CCOC(=O)c1ccc(S(=O)(=O)Nc2cccc(Cl)c2)cc1. The van der Waals surface area contributed by atoms with Gasteiger partial charge in [0, 0.05) is 5.02 Å². The second-order valence-electron chi connectivity index (χ2n) is 4.36. The first-order chi connectivity index (χ1) is 10.4. The third-order valence-electron chi connectivity index (χ3n) is 2.75. The van der Waals surface area contributed by atoms with E-state index >= 15 is 0 Å². The van der Waals surface area contributed by atoms with Crippen molar-refractivity contribution in [3.05, 3.63) is 59.1 Å². The minimum absolute atomic E-state index is 0.0422. The molecule has 0 bridgehead atoms. The zero-order chi connectivity index (χ0) is 16.2. The third-order valence-corrected chi connectivity index (χ3v) is 4.38. The molecule has 0 amide bonds. The Bertz CT molecular complexity index is 772. The molecule has 0 saturated carbocycles. The molecule has 5 nitrogen and oxygen atoms in total. The fraction of sp³-hybridized carbons (Fsp3) is 0.133. The van der Waals surface area contributed by atoms with E-state index in [-0.39, 0.29) is 11.5 Å². The van der Waals surface area contributed by atoms with E-state index in [4.69, 9.17) is 16.3 Å². The lowest BCUT2D eigenvalue weighted by Gasteiger charge is -2.09. The fourth-order valence-corrected chi connectivity index (χ4v) is 2.99. The van der Waals surface area contributed by atoms with Crippen LogP contribution in [0.25, 0.3) is 0 Å². The minimum Gasteiger partial charge on any atom is -0.462 e. The van der Waals surface area contributed by atoms with Crippen LogP contribution in [0.3, 0.4) is 0 Å². The average molecular weight is 340 g/mol. The quantitative estimate of drug-likeness (QED) is 0.848. The first kappa shape index (κ1) is 16.3. The van der Waals surface area contributed by atoms with Crippen LogP contribution in [-0.2, 0) is 14.8 Å². The first-order valence-electron chi connectivity index (χ1n) is 6.48. The summed E-state index contributed by atoms with van der Waals surface area (Å²) in [7, 11) is -3.75. The summed E-state index contributed by atoms with van der Waals surface area (Å²) in [6.07, 6.45) is 0. The number of anilines is 1. The molecule has 0 aliphatic rings. The van der Waals surface area contributed by atoms with Gasteiger partial charge in [0.05, 0.1) is 22.8 Å². The first-order valence-corrected chi connectivity index (χ1v) is 8.34. The van der Waals surface area contributed by atoms with Gasteiger partial charge in [-0.15, -0.1) is 0 Å². The Hall–Kier alpha value is -2.05. The number of sulfonamides is 1. The molecule has 0 radical (unpaired) electrons. The molecule has 0 spiro atoms. The molecule has 0 aliphatic heterocycles. The molecule has 1 N–H and O–H groups in total. The number of hydrogen-bond donors (Lipinski definition) is 1. The molecule has 2 aromatic carbocycles. The maximum atomic E-state index is 12.2. The zero-order valence-electron chi connectivity index (χ0n) is 11.7. The standard InChI is InChI=1S/C15H14ClNO4S/c1-2-21-15(18)11-6-8-14(9-7-11)22(19,20)17-13-5-3-4-12(16)10-13/h3-10,17H,2H2,1H3. The lowest BCUT2D eigenvalue weighted by Crippen LogP contribution is -2.13. The van der Waals surface area contributed by atoms with Crippen LogP contribution < -0.4 is 4.72 Å². The zero-order valence-corrected chi connectivity index (χ0v) is 13.3. The number of ether oxygens (including phenoxy) is 1. The molecule has 2 rings (SSSR count). The van der Waals surface area contributed by atoms with Gasteiger partial charge in [-0.3, -0.25) is 4.72 Å². The van der Waals surface area contributed by atoms with Crippen molar-refractivity contribution in [2.45, 2.75) is 11.8 Å². The number of benzene rings is 2. The highest BCUT2D eigenvalue weighted by atomic mass is 35.5. The van der Waals surface area contributed by atoms with Crippen molar-refractivity contribution in [3.8, 4) is 0 Å². The Morgan fingerprint density at radius 1 is 1.18 bits per heavy atom. The number of rotatable bonds is 5. The molecular weight excluding hydrogens is 326 g/mol. The van der Waals surface area contributed by atoms with Gasteiger partial charge in [-0.2, -0.15) is 0 Å². The van der Waals surface area contributed by atoms with Crippen molar-refractivity contribution in [1.29, 1.82) is 0 Å². The Kier molecular flexibility index (Phi) is 5.05. The summed E-state index contributed by atoms with van der Waals surface area (Å²) in [5, 5.41) is 0.429. The van der Waals surface area contributed by atoms with Gasteiger partial charge in [-0.1, -0.05) is 17.7 Å². The number of hydrogen-bond acceptors (Lipinski definition) is 4. The van der Waals surface area contributed by atoms with Gasteiger partial charge in [-0.25, -0.2) is 13.2 Å². The van der Waals surface area contributed by atoms with Crippen LogP contribution in [-0.4, -0.2) is 21.0 Å². The van der Waals surface area contributed by atoms with Crippen molar-refractivity contribution in [1.82, 2.24) is 0 Å². The van der Waals surface area contributed by atoms with Crippen LogP contribution in [0.2, 0.25) is 5.02 Å². The van der Waals surface area contributed by atoms with Crippen LogP contribution in [0, 0.1) is 0 Å². The van der Waals surface area contributed by atoms with E-state index in [0.717, 1.165) is 0 Å². The predicted molar refractivity (Wildman–Crippen MR) is 84.7 cm³/mol. The summed E-state index contributed by atoms with van der Waals surface area (Å²) in [5.74, 6) is -0.491. The monoisotopic (exact) mass is 339 g/mol. The van der Waals surface area contributed by atoms with Gasteiger partial charge in [0.25, 0.3) is 10.0 Å². The van der Waals surface area contributed by atoms with Crippen molar-refractivity contribution in [2.24, 2.45) is 0 Å². The largest absolute Gasteiger partial charge is 0.462 e. The van der Waals surface area contributed by atoms with E-state index in [0.29, 0.717) is 16.3 Å². The second kappa shape index (κ2) is 6.81. The molecule has 116 valence electrons. The average Bonchev–Trinajstić information content (AvgIpc) is 2.47. The van der Waals surface area contributed by atoms with E-state index in [1.54, 1.807) is 25.1 Å². The maximum Gasteiger partial charge on any atom is 0.338 e. The Morgan fingerprint density at radius 2 is 1.86 bits per heavy atom. The lowest BCUT2D eigenvalue weighted by molar-refractivity contribution is 0.0526. The number of halogens is 1. The summed E-state index contributed by atoms with van der Waals surface area (Å²) in [5.41, 5.74) is 0.658. The van der Waals surface area contributed by atoms with Crippen LogP contribution >= 0.6 is 11.6 Å². The molecule has 22 heavy (non-hydrogen) atoms. The highest BCUT2D eigenvalue weighted by Gasteiger charge is 2.15. The molecule has 0 aromatic heterocycles. The van der Waals surface area contributed by atoms with Gasteiger partial charge >= 0.3 is 5.97 Å². The highest BCUT2D eigenvalue weighted by molar-refractivity contribution is 7.92.